The Labute approximate surface area is 37.2 Å². The summed E-state index contributed by atoms with van der Waals surface area (Å²) < 4.78 is 0. The molecular formula is C4H9NO. The van der Waals surface area contributed by atoms with Gasteiger partial charge in [0.1, 0.15) is 0 Å². The summed E-state index contributed by atoms with van der Waals surface area (Å²) in [5.41, 5.74) is 0. The Bertz CT molecular complexity index is 47.5. The lowest BCUT2D eigenvalue weighted by Crippen LogP contribution is -2.55. The van der Waals surface area contributed by atoms with Gasteiger partial charge in [-0.2, -0.15) is 0 Å². The summed E-state index contributed by atoms with van der Waals surface area (Å²) in [7, 11) is 0. The van der Waals surface area contributed by atoms with Crippen molar-refractivity contribution < 1.29 is 5.11 Å². The van der Waals surface area contributed by atoms with Gasteiger partial charge in [-0.3, -0.25) is 0 Å². The Morgan fingerprint density at radius 2 is 2.33 bits per heavy atom. The molecule has 0 aliphatic carbocycles. The first-order valence-corrected chi connectivity index (χ1v) is 2.22. The minimum atomic E-state index is -0.0787. The second kappa shape index (κ2) is 1.21. The second-order valence-electron chi connectivity index (χ2n) is 1.76. The molecule has 6 heavy (non-hydrogen) atoms. The number of rotatable bonds is 0. The van der Waals surface area contributed by atoms with Gasteiger partial charge in [0.25, 0.3) is 0 Å². The second-order valence-corrected chi connectivity index (χ2v) is 1.76. The van der Waals surface area contributed by atoms with Gasteiger partial charge in [-0.1, -0.05) is 0 Å². The molecule has 2 atom stereocenters. The van der Waals surface area contributed by atoms with Crippen molar-refractivity contribution >= 4 is 0 Å². The monoisotopic (exact) mass is 87.1 g/mol. The van der Waals surface area contributed by atoms with Gasteiger partial charge in [-0.15, -0.1) is 0 Å². The molecule has 2 unspecified atom stereocenters. The predicted molar refractivity (Wildman–Crippen MR) is 23.5 cm³/mol. The van der Waals surface area contributed by atoms with E-state index in [1.807, 2.05) is 6.92 Å². The molecule has 2 heteroatoms. The SMILES string of the molecule is CC1NCC1O. The minimum absolute atomic E-state index is 0.0787. The minimum Gasteiger partial charge on any atom is -0.390 e. The van der Waals surface area contributed by atoms with Gasteiger partial charge in [-0.05, 0) is 6.92 Å². The highest BCUT2D eigenvalue weighted by Gasteiger charge is 2.21. The van der Waals surface area contributed by atoms with Crippen LogP contribution in [0.25, 0.3) is 0 Å². The quantitative estimate of drug-likeness (QED) is 0.411. The molecule has 1 aliphatic heterocycles. The Balaban J connectivity index is 2.20. The van der Waals surface area contributed by atoms with Crippen molar-refractivity contribution in [2.24, 2.45) is 0 Å². The van der Waals surface area contributed by atoms with E-state index >= 15 is 0 Å². The van der Waals surface area contributed by atoms with E-state index in [1.165, 1.54) is 0 Å². The van der Waals surface area contributed by atoms with Crippen LogP contribution in [0.5, 0.6) is 0 Å². The maximum Gasteiger partial charge on any atom is 0.0814 e. The molecular weight excluding hydrogens is 78.0 g/mol. The van der Waals surface area contributed by atoms with E-state index in [9.17, 15) is 0 Å². The first-order valence-electron chi connectivity index (χ1n) is 2.22. The van der Waals surface area contributed by atoms with E-state index in [-0.39, 0.29) is 6.10 Å². The van der Waals surface area contributed by atoms with Crippen molar-refractivity contribution in [3.63, 3.8) is 0 Å². The van der Waals surface area contributed by atoms with Gasteiger partial charge in [0, 0.05) is 12.6 Å². The van der Waals surface area contributed by atoms with E-state index in [0.717, 1.165) is 6.54 Å². The number of hydrogen-bond acceptors (Lipinski definition) is 2. The first-order chi connectivity index (χ1) is 2.80. The van der Waals surface area contributed by atoms with Crippen LogP contribution >= 0.6 is 0 Å². The normalized spacial score (nSPS) is 45.0. The average Bonchev–Trinajstić information content (AvgIpc) is 1.61. The third kappa shape index (κ3) is 0.420. The molecule has 36 valence electrons. The van der Waals surface area contributed by atoms with Crippen LogP contribution in [0.3, 0.4) is 0 Å². The van der Waals surface area contributed by atoms with Crippen molar-refractivity contribution in [1.82, 2.24) is 5.32 Å². The lowest BCUT2D eigenvalue weighted by Gasteiger charge is -2.30. The molecule has 0 aromatic heterocycles. The van der Waals surface area contributed by atoms with Gasteiger partial charge in [0.2, 0.25) is 0 Å². The maximum absolute atomic E-state index is 8.65. The maximum atomic E-state index is 8.65. The summed E-state index contributed by atoms with van der Waals surface area (Å²) in [6, 6.07) is 0.338. The van der Waals surface area contributed by atoms with Crippen LogP contribution in [-0.4, -0.2) is 23.8 Å². The van der Waals surface area contributed by atoms with E-state index in [2.05, 4.69) is 5.32 Å². The predicted octanol–water partition coefficient (Wildman–Crippen LogP) is -0.661. The van der Waals surface area contributed by atoms with Crippen molar-refractivity contribution in [3.05, 3.63) is 0 Å². The molecule has 1 aliphatic rings. The lowest BCUT2D eigenvalue weighted by atomic mass is 10.1. The standard InChI is InChI=1S/C4H9NO/c1-3-4(6)2-5-3/h3-6H,2H2,1H3. The summed E-state index contributed by atoms with van der Waals surface area (Å²) in [6.45, 7) is 2.75. The van der Waals surface area contributed by atoms with Crippen molar-refractivity contribution in [3.8, 4) is 0 Å². The molecule has 1 fully saturated rings. The van der Waals surface area contributed by atoms with Crippen molar-refractivity contribution in [2.45, 2.75) is 19.1 Å². The average molecular weight is 87.1 g/mol. The van der Waals surface area contributed by atoms with E-state index in [4.69, 9.17) is 5.11 Å². The Morgan fingerprint density at radius 1 is 1.83 bits per heavy atom. The van der Waals surface area contributed by atoms with Gasteiger partial charge in [0.05, 0.1) is 6.10 Å². The Morgan fingerprint density at radius 3 is 2.33 bits per heavy atom. The van der Waals surface area contributed by atoms with E-state index in [1.54, 1.807) is 0 Å². The number of aliphatic hydroxyl groups excluding tert-OH is 1. The first kappa shape index (κ1) is 4.09. The molecule has 0 bridgehead atoms. The van der Waals surface area contributed by atoms with Crippen molar-refractivity contribution in [1.29, 1.82) is 0 Å². The third-order valence-electron chi connectivity index (χ3n) is 1.23. The van der Waals surface area contributed by atoms with Gasteiger partial charge in [0.15, 0.2) is 0 Å². The van der Waals surface area contributed by atoms with Crippen molar-refractivity contribution in [2.75, 3.05) is 6.54 Å². The van der Waals surface area contributed by atoms with Crippen LogP contribution in [0.4, 0.5) is 0 Å². The number of hydrogen-bond donors (Lipinski definition) is 2. The molecule has 0 aromatic rings. The molecule has 1 rings (SSSR count). The molecule has 0 amide bonds. The number of aliphatic hydroxyl groups is 1. The third-order valence-corrected chi connectivity index (χ3v) is 1.23. The van der Waals surface area contributed by atoms with Gasteiger partial charge >= 0.3 is 0 Å². The van der Waals surface area contributed by atoms with Crippen LogP contribution in [0.15, 0.2) is 0 Å². The van der Waals surface area contributed by atoms with E-state index in [0.29, 0.717) is 6.04 Å². The summed E-state index contributed by atoms with van der Waals surface area (Å²) >= 11 is 0. The smallest absolute Gasteiger partial charge is 0.0814 e. The molecule has 2 nitrogen and oxygen atoms in total. The van der Waals surface area contributed by atoms with Crippen LogP contribution in [0, 0.1) is 0 Å². The summed E-state index contributed by atoms with van der Waals surface area (Å²) in [6.07, 6.45) is -0.0787. The summed E-state index contributed by atoms with van der Waals surface area (Å²) in [4.78, 5) is 0. The molecule has 1 saturated heterocycles. The summed E-state index contributed by atoms with van der Waals surface area (Å²) in [5.74, 6) is 0. The fourth-order valence-corrected chi connectivity index (χ4v) is 0.459. The largest absolute Gasteiger partial charge is 0.390 e. The van der Waals surface area contributed by atoms with Crippen LogP contribution in [-0.2, 0) is 0 Å². The molecule has 0 saturated carbocycles. The highest BCUT2D eigenvalue weighted by molar-refractivity contribution is 4.82. The Kier molecular flexibility index (Phi) is 0.821. The lowest BCUT2D eigenvalue weighted by molar-refractivity contribution is 0.0704. The molecule has 2 N–H and O–H groups in total. The fourth-order valence-electron chi connectivity index (χ4n) is 0.459. The zero-order valence-electron chi connectivity index (χ0n) is 3.81. The highest BCUT2D eigenvalue weighted by Crippen LogP contribution is 1.99. The van der Waals surface area contributed by atoms with Crippen LogP contribution < -0.4 is 5.32 Å². The zero-order valence-corrected chi connectivity index (χ0v) is 3.81. The fraction of sp³-hybridized carbons (Fsp3) is 1.00. The molecule has 0 radical (unpaired) electrons. The Hall–Kier alpha value is -0.0800. The topological polar surface area (TPSA) is 32.3 Å². The molecule has 1 heterocycles. The van der Waals surface area contributed by atoms with Gasteiger partial charge < -0.3 is 10.4 Å². The summed E-state index contributed by atoms with van der Waals surface area (Å²) in [5, 5.41) is 11.7. The molecule has 0 spiro atoms. The highest BCUT2D eigenvalue weighted by atomic mass is 16.3. The van der Waals surface area contributed by atoms with Gasteiger partial charge in [-0.25, -0.2) is 0 Å². The zero-order chi connectivity index (χ0) is 4.57. The number of β-amino-alcohol motifs (C(OH)–C–C–N with tert-alkyl or cyclic N) is 1. The van der Waals surface area contributed by atoms with E-state index < -0.39 is 0 Å². The molecule has 0 aromatic carbocycles. The van der Waals surface area contributed by atoms with Crippen LogP contribution in [0.2, 0.25) is 0 Å². The number of nitrogens with one attached hydrogen (secondary N) is 1. The van der Waals surface area contributed by atoms with Crippen LogP contribution in [0.1, 0.15) is 6.92 Å².